The maximum absolute atomic E-state index is 10.1. The molecule has 0 saturated heterocycles. The number of hydrogen-bond acceptors (Lipinski definition) is 6. The van der Waals surface area contributed by atoms with Crippen LogP contribution in [0.4, 0.5) is 11.4 Å². The van der Waals surface area contributed by atoms with Crippen molar-refractivity contribution in [2.45, 2.75) is 20.4 Å². The summed E-state index contributed by atoms with van der Waals surface area (Å²) in [4.78, 5) is 18.9. The van der Waals surface area contributed by atoms with Crippen LogP contribution in [0.1, 0.15) is 13.8 Å². The zero-order chi connectivity index (χ0) is 16.3. The Morgan fingerprint density at radius 3 is 2.05 bits per heavy atom. The summed E-state index contributed by atoms with van der Waals surface area (Å²) in [5.41, 5.74) is 0.0341. The Morgan fingerprint density at radius 1 is 1.24 bits per heavy atom. The molecule has 1 N–H and O–H groups in total. The molecule has 0 unspecified atom stereocenters. The molecule has 0 bridgehead atoms. The van der Waals surface area contributed by atoms with Gasteiger partial charge in [0.1, 0.15) is 18.6 Å². The normalized spacial score (nSPS) is 8.90. The molecule has 2 heterocycles. The number of aromatic nitrogens is 4. The summed E-state index contributed by atoms with van der Waals surface area (Å²) >= 11 is 2.29. The Hall–Kier alpha value is -2.05. The summed E-state index contributed by atoms with van der Waals surface area (Å²) in [6, 6.07) is 0. The highest BCUT2D eigenvalue weighted by Crippen LogP contribution is 2.06. The van der Waals surface area contributed by atoms with Crippen LogP contribution >= 0.6 is 22.6 Å². The lowest BCUT2D eigenvalue weighted by molar-refractivity contribution is -0.385. The van der Waals surface area contributed by atoms with E-state index in [9.17, 15) is 20.2 Å². The van der Waals surface area contributed by atoms with Gasteiger partial charge in [0, 0.05) is 6.54 Å². The summed E-state index contributed by atoms with van der Waals surface area (Å²) in [6.45, 7) is 4.64. The fraction of sp³-hybridized carbons (Fsp3) is 0.400. The van der Waals surface area contributed by atoms with Gasteiger partial charge < -0.3 is 0 Å². The van der Waals surface area contributed by atoms with E-state index in [1.165, 1.54) is 27.7 Å². The van der Waals surface area contributed by atoms with E-state index in [4.69, 9.17) is 0 Å². The first-order chi connectivity index (χ1) is 9.96. The smallest absolute Gasteiger partial charge is 0.279 e. The van der Waals surface area contributed by atoms with Crippen LogP contribution in [0.15, 0.2) is 24.8 Å². The third-order valence-electron chi connectivity index (χ3n) is 1.85. The van der Waals surface area contributed by atoms with Crippen molar-refractivity contribution in [3.8, 4) is 0 Å². The van der Waals surface area contributed by atoms with E-state index in [0.29, 0.717) is 6.54 Å². The van der Waals surface area contributed by atoms with E-state index in [0.717, 1.165) is 6.20 Å². The van der Waals surface area contributed by atoms with Crippen LogP contribution in [0.2, 0.25) is 0 Å². The Labute approximate surface area is 134 Å². The third-order valence-corrected chi connectivity index (χ3v) is 1.85. The van der Waals surface area contributed by atoms with Gasteiger partial charge >= 0.3 is 11.4 Å². The van der Waals surface area contributed by atoms with Crippen molar-refractivity contribution < 1.29 is 9.85 Å². The van der Waals surface area contributed by atoms with E-state index in [1.807, 2.05) is 6.92 Å². The molecule has 0 amide bonds. The van der Waals surface area contributed by atoms with E-state index < -0.39 is 9.85 Å². The molecule has 11 heteroatoms. The Bertz CT molecular complexity index is 542. The maximum atomic E-state index is 10.1. The summed E-state index contributed by atoms with van der Waals surface area (Å²) < 4.78 is 2.73. The van der Waals surface area contributed by atoms with Gasteiger partial charge in [0.05, 0.1) is 16.0 Å². The summed E-state index contributed by atoms with van der Waals surface area (Å²) in [7, 11) is 0. The molecular weight excluding hydrogens is 395 g/mol. The van der Waals surface area contributed by atoms with E-state index in [-0.39, 0.29) is 11.4 Å². The highest BCUT2D eigenvalue weighted by atomic mass is 127. The first kappa shape index (κ1) is 18.9. The number of aromatic amines is 1. The number of alkyl halides is 1. The summed E-state index contributed by atoms with van der Waals surface area (Å²) in [6.07, 6.45) is 5.02. The molecule has 0 radical (unpaired) electrons. The van der Waals surface area contributed by atoms with Crippen LogP contribution in [0.25, 0.3) is 0 Å². The van der Waals surface area contributed by atoms with Crippen molar-refractivity contribution in [3.05, 3.63) is 45.0 Å². The fourth-order valence-electron chi connectivity index (χ4n) is 0.964. The van der Waals surface area contributed by atoms with Crippen molar-refractivity contribution in [2.24, 2.45) is 0 Å². The lowest BCUT2D eigenvalue weighted by atomic mass is 10.6. The molecule has 0 aliphatic carbocycles. The van der Waals surface area contributed by atoms with Gasteiger partial charge in [0.2, 0.25) is 0 Å². The zero-order valence-electron chi connectivity index (χ0n) is 11.5. The largest absolute Gasteiger partial charge is 0.306 e. The van der Waals surface area contributed by atoms with Gasteiger partial charge in [0.25, 0.3) is 0 Å². The van der Waals surface area contributed by atoms with Crippen LogP contribution < -0.4 is 0 Å². The number of aryl methyl sites for hydroxylation is 1. The SMILES string of the molecule is CCI.CCn1cc([N+](=O)[O-])cn1.O=[N+]([O-])c1cn[nH]c1. The van der Waals surface area contributed by atoms with Crippen LogP contribution in [-0.2, 0) is 6.54 Å². The van der Waals surface area contributed by atoms with Crippen molar-refractivity contribution in [1.29, 1.82) is 0 Å². The summed E-state index contributed by atoms with van der Waals surface area (Å²) in [5, 5.41) is 29.3. The molecule has 2 rings (SSSR count). The number of nitro groups is 2. The Morgan fingerprint density at radius 2 is 1.81 bits per heavy atom. The number of halogens is 1. The number of hydrogen-bond donors (Lipinski definition) is 1. The number of nitrogens with zero attached hydrogens (tertiary/aromatic N) is 5. The van der Waals surface area contributed by atoms with Gasteiger partial charge in [-0.2, -0.15) is 10.2 Å². The van der Waals surface area contributed by atoms with Crippen molar-refractivity contribution in [2.75, 3.05) is 4.43 Å². The summed E-state index contributed by atoms with van der Waals surface area (Å²) in [5.74, 6) is 0. The second kappa shape index (κ2) is 10.7. The fourth-order valence-corrected chi connectivity index (χ4v) is 0.964. The standard InChI is InChI=1S/C5H7N3O2.C3H3N3O2.C2H5I/c1-2-7-4-5(3-6-7)8(9)10;7-6(8)3-1-4-5-2-3;1-2-3/h3-4H,2H2,1H3;1-2H,(H,4,5);2H2,1H3. The van der Waals surface area contributed by atoms with E-state index in [2.05, 4.69) is 44.8 Å². The van der Waals surface area contributed by atoms with Gasteiger partial charge in [-0.05, 0) is 11.4 Å². The van der Waals surface area contributed by atoms with Gasteiger partial charge in [-0.25, -0.2) is 0 Å². The first-order valence-corrected chi connectivity index (χ1v) is 7.34. The molecular formula is C10H15IN6O4. The average Bonchev–Trinajstić information content (AvgIpc) is 3.12. The van der Waals surface area contributed by atoms with Crippen LogP contribution in [0.5, 0.6) is 0 Å². The average molecular weight is 410 g/mol. The lowest BCUT2D eigenvalue weighted by Crippen LogP contribution is -1.92. The van der Waals surface area contributed by atoms with Crippen LogP contribution in [0, 0.1) is 20.2 Å². The molecule has 10 nitrogen and oxygen atoms in total. The quantitative estimate of drug-likeness (QED) is 0.358. The van der Waals surface area contributed by atoms with Gasteiger partial charge in [-0.3, -0.25) is 30.0 Å². The topological polar surface area (TPSA) is 133 Å². The van der Waals surface area contributed by atoms with Crippen LogP contribution in [0.3, 0.4) is 0 Å². The van der Waals surface area contributed by atoms with Crippen molar-refractivity contribution in [3.63, 3.8) is 0 Å². The highest BCUT2D eigenvalue weighted by Gasteiger charge is 2.06. The van der Waals surface area contributed by atoms with Crippen molar-refractivity contribution >= 4 is 34.0 Å². The lowest BCUT2D eigenvalue weighted by Gasteiger charge is -1.87. The molecule has 2 aromatic heterocycles. The Kier molecular flexibility index (Phi) is 9.66. The van der Waals surface area contributed by atoms with E-state index in [1.54, 1.807) is 0 Å². The van der Waals surface area contributed by atoms with E-state index >= 15 is 0 Å². The van der Waals surface area contributed by atoms with Gasteiger partial charge in [0.15, 0.2) is 0 Å². The minimum absolute atomic E-state index is 0.00926. The predicted molar refractivity (Wildman–Crippen MR) is 84.4 cm³/mol. The van der Waals surface area contributed by atoms with Gasteiger partial charge in [-0.1, -0.05) is 29.5 Å². The molecule has 21 heavy (non-hydrogen) atoms. The second-order valence-electron chi connectivity index (χ2n) is 3.29. The highest BCUT2D eigenvalue weighted by molar-refractivity contribution is 14.1. The molecule has 2 aromatic rings. The second-order valence-corrected chi connectivity index (χ2v) is 4.82. The first-order valence-electron chi connectivity index (χ1n) is 5.82. The van der Waals surface area contributed by atoms with Crippen molar-refractivity contribution in [1.82, 2.24) is 20.0 Å². The minimum atomic E-state index is -0.510. The molecule has 0 aliphatic heterocycles. The number of rotatable bonds is 3. The molecule has 0 saturated carbocycles. The number of H-pyrrole nitrogens is 1. The molecule has 0 aliphatic rings. The molecule has 0 atom stereocenters. The monoisotopic (exact) mass is 410 g/mol. The van der Waals surface area contributed by atoms with Crippen LogP contribution in [-0.4, -0.2) is 34.3 Å². The van der Waals surface area contributed by atoms with Gasteiger partial charge in [-0.15, -0.1) is 0 Å². The number of nitrogens with one attached hydrogen (secondary N) is 1. The maximum Gasteiger partial charge on any atom is 0.306 e. The minimum Gasteiger partial charge on any atom is -0.279 e. The third kappa shape index (κ3) is 7.96. The molecule has 0 fully saturated rings. The molecule has 0 spiro atoms. The molecule has 0 aromatic carbocycles. The zero-order valence-corrected chi connectivity index (χ0v) is 13.6. The Balaban J connectivity index is 0.000000327. The molecule has 116 valence electrons. The predicted octanol–water partition coefficient (Wildman–Crippen LogP) is 2.57.